The molecule has 0 unspecified atom stereocenters. The largest absolute Gasteiger partial charge is 0.491 e. The average Bonchev–Trinajstić information content (AvgIpc) is 2.71. The lowest BCUT2D eigenvalue weighted by Crippen LogP contribution is -2.27. The Bertz CT molecular complexity index is 1170. The second-order valence-electron chi connectivity index (χ2n) is 7.21. The zero-order chi connectivity index (χ0) is 23.1. The maximum Gasteiger partial charge on any atom is 0.321 e. The van der Waals surface area contributed by atoms with Gasteiger partial charge in [0.15, 0.2) is 0 Å². The summed E-state index contributed by atoms with van der Waals surface area (Å²) in [7, 11) is -3.90. The molecule has 0 saturated heterocycles. The van der Waals surface area contributed by atoms with E-state index in [0.717, 1.165) is 0 Å². The molecule has 1 aromatic heterocycles. The van der Waals surface area contributed by atoms with Gasteiger partial charge in [-0.1, -0.05) is 0 Å². The Balaban J connectivity index is 1.58. The van der Waals surface area contributed by atoms with E-state index in [0.29, 0.717) is 28.4 Å². The normalized spacial score (nSPS) is 11.1. The number of carbonyl (C=O) groups excluding carboxylic acids is 1. The Morgan fingerprint density at radius 2 is 1.69 bits per heavy atom. The van der Waals surface area contributed by atoms with Crippen LogP contribution in [0.25, 0.3) is 0 Å². The van der Waals surface area contributed by atoms with E-state index in [1.54, 1.807) is 67.8 Å². The van der Waals surface area contributed by atoms with E-state index in [1.165, 1.54) is 0 Å². The molecule has 0 radical (unpaired) electrons. The molecular formula is C22H24N4O5S. The standard InChI is InChI=1S/C22H24N4O5S/c1-15(2)30-18-7-5-17(6-8-18)26-32(28,29)14-21(27)25-20-10-9-19(13-16(20)3)31-22-23-11-4-12-24-22/h4-13,15,26H,14H2,1-3H3,(H,25,27). The smallest absolute Gasteiger partial charge is 0.321 e. The first-order chi connectivity index (χ1) is 15.2. The van der Waals surface area contributed by atoms with Crippen molar-refractivity contribution in [2.45, 2.75) is 26.9 Å². The Labute approximate surface area is 186 Å². The molecule has 10 heteroatoms. The highest BCUT2D eigenvalue weighted by Gasteiger charge is 2.18. The summed E-state index contributed by atoms with van der Waals surface area (Å²) in [5, 5.41) is 2.61. The Kier molecular flexibility index (Phi) is 7.26. The summed E-state index contributed by atoms with van der Waals surface area (Å²) < 4.78 is 38.2. The molecular weight excluding hydrogens is 432 g/mol. The number of anilines is 2. The SMILES string of the molecule is Cc1cc(Oc2ncccn2)ccc1NC(=O)CS(=O)(=O)Nc1ccc(OC(C)C)cc1. The molecule has 3 rings (SSSR count). The molecule has 0 bridgehead atoms. The van der Waals surface area contributed by atoms with Crippen LogP contribution >= 0.6 is 0 Å². The minimum atomic E-state index is -3.90. The van der Waals surface area contributed by atoms with E-state index in [2.05, 4.69) is 20.0 Å². The van der Waals surface area contributed by atoms with Crippen molar-refractivity contribution in [2.75, 3.05) is 15.8 Å². The predicted octanol–water partition coefficient (Wildman–Crippen LogP) is 3.74. The van der Waals surface area contributed by atoms with Crippen LogP contribution in [0.15, 0.2) is 60.9 Å². The monoisotopic (exact) mass is 456 g/mol. The Morgan fingerprint density at radius 1 is 1.03 bits per heavy atom. The number of carbonyl (C=O) groups is 1. The third kappa shape index (κ3) is 6.95. The molecule has 9 nitrogen and oxygen atoms in total. The molecule has 0 atom stereocenters. The summed E-state index contributed by atoms with van der Waals surface area (Å²) in [6, 6.07) is 13.3. The van der Waals surface area contributed by atoms with Crippen LogP contribution < -0.4 is 19.5 Å². The average molecular weight is 457 g/mol. The number of hydrogen-bond donors (Lipinski definition) is 2. The van der Waals surface area contributed by atoms with Gasteiger partial charge in [0.25, 0.3) is 0 Å². The molecule has 0 aliphatic carbocycles. The van der Waals surface area contributed by atoms with Crippen LogP contribution in [0.5, 0.6) is 17.5 Å². The van der Waals surface area contributed by atoms with Crippen LogP contribution in [0.2, 0.25) is 0 Å². The van der Waals surface area contributed by atoms with Crippen LogP contribution in [0.4, 0.5) is 11.4 Å². The van der Waals surface area contributed by atoms with E-state index in [1.807, 2.05) is 13.8 Å². The third-order valence-electron chi connectivity index (χ3n) is 4.04. The van der Waals surface area contributed by atoms with Crippen LogP contribution in [0.3, 0.4) is 0 Å². The van der Waals surface area contributed by atoms with E-state index in [-0.39, 0.29) is 12.1 Å². The highest BCUT2D eigenvalue weighted by Crippen LogP contribution is 2.24. The van der Waals surface area contributed by atoms with Crippen LogP contribution in [-0.2, 0) is 14.8 Å². The van der Waals surface area contributed by atoms with Gasteiger partial charge in [-0.25, -0.2) is 18.4 Å². The van der Waals surface area contributed by atoms with E-state index in [9.17, 15) is 13.2 Å². The maximum atomic E-state index is 12.4. The maximum absolute atomic E-state index is 12.4. The lowest BCUT2D eigenvalue weighted by atomic mass is 10.2. The lowest BCUT2D eigenvalue weighted by molar-refractivity contribution is -0.113. The van der Waals surface area contributed by atoms with Crippen LogP contribution in [0, 0.1) is 6.92 Å². The molecule has 0 aliphatic rings. The van der Waals surface area contributed by atoms with Gasteiger partial charge in [0.2, 0.25) is 15.9 Å². The van der Waals surface area contributed by atoms with Gasteiger partial charge in [-0.2, -0.15) is 0 Å². The fraction of sp³-hybridized carbons (Fsp3) is 0.227. The molecule has 0 aliphatic heterocycles. The number of sulfonamides is 1. The molecule has 1 amide bonds. The van der Waals surface area contributed by atoms with E-state index >= 15 is 0 Å². The fourth-order valence-electron chi connectivity index (χ4n) is 2.73. The van der Waals surface area contributed by atoms with Crippen LogP contribution in [0.1, 0.15) is 19.4 Å². The molecule has 1 heterocycles. The van der Waals surface area contributed by atoms with Crippen molar-refractivity contribution in [3.63, 3.8) is 0 Å². The first kappa shape index (κ1) is 23.0. The number of aromatic nitrogens is 2. The van der Waals surface area contributed by atoms with Crippen molar-refractivity contribution in [1.82, 2.24) is 9.97 Å². The van der Waals surface area contributed by atoms with Crippen molar-refractivity contribution in [3.8, 4) is 17.5 Å². The number of hydrogen-bond acceptors (Lipinski definition) is 7. The van der Waals surface area contributed by atoms with Gasteiger partial charge < -0.3 is 14.8 Å². The summed E-state index contributed by atoms with van der Waals surface area (Å²) in [5.74, 6) is -0.277. The number of ether oxygens (including phenoxy) is 2. The van der Waals surface area contributed by atoms with Crippen molar-refractivity contribution >= 4 is 27.3 Å². The molecule has 32 heavy (non-hydrogen) atoms. The lowest BCUT2D eigenvalue weighted by Gasteiger charge is -2.12. The second-order valence-corrected chi connectivity index (χ2v) is 8.93. The number of rotatable bonds is 9. The highest BCUT2D eigenvalue weighted by molar-refractivity contribution is 7.93. The molecule has 2 N–H and O–H groups in total. The molecule has 2 aromatic carbocycles. The van der Waals surface area contributed by atoms with Gasteiger partial charge in [-0.05, 0) is 74.9 Å². The summed E-state index contributed by atoms with van der Waals surface area (Å²) in [5.41, 5.74) is 1.51. The minimum Gasteiger partial charge on any atom is -0.491 e. The van der Waals surface area contributed by atoms with Gasteiger partial charge in [0, 0.05) is 23.8 Å². The molecule has 0 spiro atoms. The first-order valence-corrected chi connectivity index (χ1v) is 11.5. The van der Waals surface area contributed by atoms with Crippen molar-refractivity contribution in [2.24, 2.45) is 0 Å². The Morgan fingerprint density at radius 3 is 2.31 bits per heavy atom. The number of aryl methyl sites for hydroxylation is 1. The van der Waals surface area contributed by atoms with Crippen molar-refractivity contribution in [1.29, 1.82) is 0 Å². The number of amides is 1. The molecule has 0 fully saturated rings. The molecule has 168 valence electrons. The zero-order valence-corrected chi connectivity index (χ0v) is 18.7. The van der Waals surface area contributed by atoms with Gasteiger partial charge >= 0.3 is 6.01 Å². The minimum absolute atomic E-state index is 0.0111. The van der Waals surface area contributed by atoms with E-state index < -0.39 is 21.7 Å². The summed E-state index contributed by atoms with van der Waals surface area (Å²) in [6.45, 7) is 5.56. The van der Waals surface area contributed by atoms with Gasteiger partial charge in [0.05, 0.1) is 6.10 Å². The summed E-state index contributed by atoms with van der Waals surface area (Å²) >= 11 is 0. The van der Waals surface area contributed by atoms with Crippen molar-refractivity contribution < 1.29 is 22.7 Å². The second kappa shape index (κ2) is 10.1. The van der Waals surface area contributed by atoms with Gasteiger partial charge in [-0.15, -0.1) is 0 Å². The number of nitrogens with one attached hydrogen (secondary N) is 2. The molecule has 3 aromatic rings. The molecule has 0 saturated carbocycles. The quantitative estimate of drug-likeness (QED) is 0.503. The fourth-order valence-corrected chi connectivity index (χ4v) is 3.72. The zero-order valence-electron chi connectivity index (χ0n) is 17.9. The topological polar surface area (TPSA) is 120 Å². The number of benzene rings is 2. The number of nitrogens with zero attached hydrogens (tertiary/aromatic N) is 2. The van der Waals surface area contributed by atoms with E-state index in [4.69, 9.17) is 9.47 Å². The first-order valence-electron chi connectivity index (χ1n) is 9.83. The third-order valence-corrected chi connectivity index (χ3v) is 5.23. The van der Waals surface area contributed by atoms with Gasteiger partial charge in [-0.3, -0.25) is 9.52 Å². The van der Waals surface area contributed by atoms with Crippen LogP contribution in [-0.4, -0.2) is 36.1 Å². The van der Waals surface area contributed by atoms with Gasteiger partial charge in [0.1, 0.15) is 17.3 Å². The predicted molar refractivity (Wildman–Crippen MR) is 122 cm³/mol. The Hall–Kier alpha value is -3.66. The summed E-state index contributed by atoms with van der Waals surface area (Å²) in [6.07, 6.45) is 3.13. The summed E-state index contributed by atoms with van der Waals surface area (Å²) in [4.78, 5) is 20.3. The van der Waals surface area contributed by atoms with Crippen molar-refractivity contribution in [3.05, 3.63) is 66.5 Å². The highest BCUT2D eigenvalue weighted by atomic mass is 32.2.